The van der Waals surface area contributed by atoms with E-state index >= 15 is 0 Å². The molecule has 0 unspecified atom stereocenters. The number of methoxy groups -OCH3 is 1. The number of ether oxygens (including phenoxy) is 1. The van der Waals surface area contributed by atoms with Crippen LogP contribution in [0.25, 0.3) is 0 Å². The second-order valence-corrected chi connectivity index (χ2v) is 4.94. The molecule has 2 rings (SSSR count). The zero-order valence-electron chi connectivity index (χ0n) is 10.6. The van der Waals surface area contributed by atoms with Gasteiger partial charge in [0.2, 0.25) is 0 Å². The van der Waals surface area contributed by atoms with Gasteiger partial charge < -0.3 is 15.4 Å². The third kappa shape index (κ3) is 3.13. The molecule has 0 saturated heterocycles. The van der Waals surface area contributed by atoms with Gasteiger partial charge in [-0.05, 0) is 12.1 Å². The van der Waals surface area contributed by atoms with Crippen LogP contribution >= 0.6 is 11.3 Å². The molecular formula is C13H17N3OS. The Bertz CT molecular complexity index is 512. The number of nitrogen functional groups attached to an aromatic ring is 1. The smallest absolute Gasteiger partial charge is 0.180 e. The molecule has 4 nitrogen and oxygen atoms in total. The molecule has 2 aromatic rings. The van der Waals surface area contributed by atoms with E-state index in [9.17, 15) is 0 Å². The summed E-state index contributed by atoms with van der Waals surface area (Å²) in [5.74, 6) is 0.872. The van der Waals surface area contributed by atoms with E-state index in [1.54, 1.807) is 7.11 Å². The Balaban J connectivity index is 1.96. The number of anilines is 2. The predicted molar refractivity (Wildman–Crippen MR) is 76.5 cm³/mol. The zero-order chi connectivity index (χ0) is 13.0. The summed E-state index contributed by atoms with van der Waals surface area (Å²) in [5.41, 5.74) is 7.80. The van der Waals surface area contributed by atoms with Crippen molar-refractivity contribution in [2.75, 3.05) is 31.3 Å². The SMILES string of the molecule is COc1cccc(N(C)CCc2csc(N)n2)c1. The first-order valence-electron chi connectivity index (χ1n) is 5.74. The van der Waals surface area contributed by atoms with E-state index in [1.165, 1.54) is 11.3 Å². The summed E-state index contributed by atoms with van der Waals surface area (Å²) < 4.78 is 5.22. The fourth-order valence-electron chi connectivity index (χ4n) is 1.70. The van der Waals surface area contributed by atoms with Crippen molar-refractivity contribution in [2.24, 2.45) is 0 Å². The van der Waals surface area contributed by atoms with Gasteiger partial charge in [-0.15, -0.1) is 11.3 Å². The van der Waals surface area contributed by atoms with Gasteiger partial charge in [0, 0.05) is 37.1 Å². The lowest BCUT2D eigenvalue weighted by Crippen LogP contribution is -2.20. The third-order valence-electron chi connectivity index (χ3n) is 2.77. The van der Waals surface area contributed by atoms with Gasteiger partial charge in [0.1, 0.15) is 5.75 Å². The molecule has 2 N–H and O–H groups in total. The molecule has 0 aliphatic carbocycles. The molecule has 0 spiro atoms. The van der Waals surface area contributed by atoms with Gasteiger partial charge in [0.25, 0.3) is 0 Å². The summed E-state index contributed by atoms with van der Waals surface area (Å²) in [7, 11) is 3.74. The van der Waals surface area contributed by atoms with E-state index in [-0.39, 0.29) is 0 Å². The van der Waals surface area contributed by atoms with E-state index in [2.05, 4.69) is 23.0 Å². The minimum absolute atomic E-state index is 0.633. The van der Waals surface area contributed by atoms with Crippen LogP contribution in [0.1, 0.15) is 5.69 Å². The first-order chi connectivity index (χ1) is 8.69. The second-order valence-electron chi connectivity index (χ2n) is 4.05. The Morgan fingerprint density at radius 1 is 1.44 bits per heavy atom. The molecule has 0 fully saturated rings. The van der Waals surface area contributed by atoms with E-state index in [4.69, 9.17) is 10.5 Å². The van der Waals surface area contributed by atoms with Gasteiger partial charge in [0.15, 0.2) is 5.13 Å². The molecule has 1 heterocycles. The largest absolute Gasteiger partial charge is 0.497 e. The van der Waals surface area contributed by atoms with E-state index in [0.29, 0.717) is 5.13 Å². The van der Waals surface area contributed by atoms with Crippen LogP contribution in [0.5, 0.6) is 5.75 Å². The summed E-state index contributed by atoms with van der Waals surface area (Å²) >= 11 is 1.49. The molecule has 0 aliphatic heterocycles. The van der Waals surface area contributed by atoms with Gasteiger partial charge in [0.05, 0.1) is 12.8 Å². The number of hydrogen-bond acceptors (Lipinski definition) is 5. The molecule has 18 heavy (non-hydrogen) atoms. The molecule has 1 aromatic heterocycles. The monoisotopic (exact) mass is 263 g/mol. The van der Waals surface area contributed by atoms with Crippen LogP contribution in [-0.2, 0) is 6.42 Å². The van der Waals surface area contributed by atoms with Crippen molar-refractivity contribution in [3.63, 3.8) is 0 Å². The maximum atomic E-state index is 5.61. The van der Waals surface area contributed by atoms with Gasteiger partial charge >= 0.3 is 0 Å². The number of nitrogens with two attached hydrogens (primary N) is 1. The molecule has 5 heteroatoms. The molecule has 0 saturated carbocycles. The van der Waals surface area contributed by atoms with Crippen LogP contribution in [0.2, 0.25) is 0 Å². The number of hydrogen-bond donors (Lipinski definition) is 1. The Morgan fingerprint density at radius 2 is 2.28 bits per heavy atom. The van der Waals surface area contributed by atoms with Gasteiger partial charge in [-0.1, -0.05) is 6.07 Å². The number of nitrogens with zero attached hydrogens (tertiary/aromatic N) is 2. The van der Waals surface area contributed by atoms with Crippen molar-refractivity contribution in [1.82, 2.24) is 4.98 Å². The molecule has 1 aromatic carbocycles. The first-order valence-corrected chi connectivity index (χ1v) is 6.62. The standard InChI is InChI=1S/C13H17N3OS/c1-16(7-6-10-9-18-13(14)15-10)11-4-3-5-12(8-11)17-2/h3-5,8-9H,6-7H2,1-2H3,(H2,14,15). The molecule has 96 valence electrons. The number of aromatic nitrogens is 1. The Morgan fingerprint density at radius 3 is 2.94 bits per heavy atom. The highest BCUT2D eigenvalue weighted by Gasteiger charge is 2.04. The van der Waals surface area contributed by atoms with Crippen molar-refractivity contribution in [2.45, 2.75) is 6.42 Å². The van der Waals surface area contributed by atoms with E-state index < -0.39 is 0 Å². The van der Waals surface area contributed by atoms with E-state index in [1.807, 2.05) is 23.6 Å². The Kier molecular flexibility index (Phi) is 4.04. The molecular weight excluding hydrogens is 246 g/mol. The fraction of sp³-hybridized carbons (Fsp3) is 0.308. The van der Waals surface area contributed by atoms with Crippen molar-refractivity contribution in [1.29, 1.82) is 0 Å². The lowest BCUT2D eigenvalue weighted by molar-refractivity contribution is 0.415. The van der Waals surface area contributed by atoms with Crippen molar-refractivity contribution in [3.8, 4) is 5.75 Å². The number of benzene rings is 1. The van der Waals surface area contributed by atoms with Crippen LogP contribution in [0.4, 0.5) is 10.8 Å². The summed E-state index contributed by atoms with van der Waals surface area (Å²) in [4.78, 5) is 6.43. The van der Waals surface area contributed by atoms with E-state index in [0.717, 1.165) is 30.1 Å². The van der Waals surface area contributed by atoms with Crippen LogP contribution in [0.15, 0.2) is 29.6 Å². The highest BCUT2D eigenvalue weighted by molar-refractivity contribution is 7.13. The highest BCUT2D eigenvalue weighted by atomic mass is 32.1. The zero-order valence-corrected chi connectivity index (χ0v) is 11.4. The molecule has 0 atom stereocenters. The minimum atomic E-state index is 0.633. The maximum Gasteiger partial charge on any atom is 0.180 e. The third-order valence-corrected chi connectivity index (χ3v) is 3.49. The van der Waals surface area contributed by atoms with Crippen LogP contribution < -0.4 is 15.4 Å². The van der Waals surface area contributed by atoms with Crippen molar-refractivity contribution < 1.29 is 4.74 Å². The summed E-state index contributed by atoms with van der Waals surface area (Å²) in [6.07, 6.45) is 0.890. The van der Waals surface area contributed by atoms with Gasteiger partial charge in [-0.25, -0.2) is 4.98 Å². The molecule has 0 amide bonds. The number of rotatable bonds is 5. The average Bonchev–Trinajstić information content (AvgIpc) is 2.82. The van der Waals surface area contributed by atoms with Crippen LogP contribution in [-0.4, -0.2) is 25.7 Å². The molecule has 0 aliphatic rings. The lowest BCUT2D eigenvalue weighted by Gasteiger charge is -2.19. The molecule has 0 radical (unpaired) electrons. The van der Waals surface area contributed by atoms with Crippen molar-refractivity contribution >= 4 is 22.2 Å². The number of thiazole rings is 1. The quantitative estimate of drug-likeness (QED) is 0.900. The predicted octanol–water partition coefficient (Wildman–Crippen LogP) is 2.41. The first kappa shape index (κ1) is 12.7. The second kappa shape index (κ2) is 5.73. The van der Waals surface area contributed by atoms with Gasteiger partial charge in [-0.3, -0.25) is 0 Å². The van der Waals surface area contributed by atoms with Crippen LogP contribution in [0, 0.1) is 0 Å². The number of likely N-dealkylation sites (N-methyl/N-ethyl adjacent to an activating group) is 1. The van der Waals surface area contributed by atoms with Crippen molar-refractivity contribution in [3.05, 3.63) is 35.3 Å². The molecule has 0 bridgehead atoms. The summed E-state index contributed by atoms with van der Waals surface area (Å²) in [6.45, 7) is 0.899. The normalized spacial score (nSPS) is 10.3. The van der Waals surface area contributed by atoms with Crippen LogP contribution in [0.3, 0.4) is 0 Å². The highest BCUT2D eigenvalue weighted by Crippen LogP contribution is 2.20. The Labute approximate surface area is 111 Å². The average molecular weight is 263 g/mol. The van der Waals surface area contributed by atoms with Gasteiger partial charge in [-0.2, -0.15) is 0 Å². The topological polar surface area (TPSA) is 51.4 Å². The Hall–Kier alpha value is -1.75. The lowest BCUT2D eigenvalue weighted by atomic mass is 10.2. The minimum Gasteiger partial charge on any atom is -0.497 e. The fourth-order valence-corrected chi connectivity index (χ4v) is 2.29. The summed E-state index contributed by atoms with van der Waals surface area (Å²) in [5, 5.41) is 2.64. The summed E-state index contributed by atoms with van der Waals surface area (Å²) in [6, 6.07) is 8.03. The maximum absolute atomic E-state index is 5.61.